The molecule has 1 heterocycles. The molecule has 15 heavy (non-hydrogen) atoms. The van der Waals surface area contributed by atoms with Gasteiger partial charge in [-0.3, -0.25) is 4.79 Å². The summed E-state index contributed by atoms with van der Waals surface area (Å²) in [5.74, 6) is 0.837. The number of carbonyl (C=O) groups is 1. The van der Waals surface area contributed by atoms with E-state index in [-0.39, 0.29) is 11.4 Å². The van der Waals surface area contributed by atoms with Crippen LogP contribution in [0.4, 0.5) is 0 Å². The zero-order chi connectivity index (χ0) is 11.5. The third-order valence-corrected chi connectivity index (χ3v) is 3.47. The molecule has 0 aromatic carbocycles. The summed E-state index contributed by atoms with van der Waals surface area (Å²) in [6, 6.07) is 0. The van der Waals surface area contributed by atoms with Gasteiger partial charge in [-0.2, -0.15) is 0 Å². The molecule has 0 saturated carbocycles. The average Bonchev–Trinajstić information content (AvgIpc) is 2.65. The number of carbonyl (C=O) groups excluding carboxylic acids is 1. The van der Waals surface area contributed by atoms with Crippen molar-refractivity contribution in [2.24, 2.45) is 5.92 Å². The molecule has 0 bridgehead atoms. The molecule has 3 nitrogen and oxygen atoms in total. The Kier molecular flexibility index (Phi) is 4.14. The summed E-state index contributed by atoms with van der Waals surface area (Å²) in [6.07, 6.45) is 3.21. The second kappa shape index (κ2) is 4.97. The van der Waals surface area contributed by atoms with Crippen molar-refractivity contribution in [2.45, 2.75) is 45.6 Å². The van der Waals surface area contributed by atoms with Gasteiger partial charge in [-0.1, -0.05) is 20.3 Å². The lowest BCUT2D eigenvalue weighted by Gasteiger charge is -2.30. The fourth-order valence-electron chi connectivity index (χ4n) is 2.18. The van der Waals surface area contributed by atoms with E-state index in [4.69, 9.17) is 0 Å². The molecule has 1 rings (SSSR count). The standard InChI is InChI=1S/C12H24N2O/c1-5-10(2)9-14(4)11(15)12(3)7-6-8-13-12/h10,13H,5-9H2,1-4H3. The first-order valence-corrected chi connectivity index (χ1v) is 6.00. The molecule has 0 radical (unpaired) electrons. The Balaban J connectivity index is 2.52. The molecule has 3 heteroatoms. The molecule has 1 aliphatic heterocycles. The number of likely N-dealkylation sites (N-methyl/N-ethyl adjacent to an activating group) is 1. The molecule has 0 aromatic rings. The zero-order valence-electron chi connectivity index (χ0n) is 10.5. The second-order valence-electron chi connectivity index (χ2n) is 5.06. The van der Waals surface area contributed by atoms with Crippen molar-refractivity contribution in [3.8, 4) is 0 Å². The van der Waals surface area contributed by atoms with Crippen LogP contribution in [0.25, 0.3) is 0 Å². The van der Waals surface area contributed by atoms with Gasteiger partial charge in [0.15, 0.2) is 0 Å². The Hall–Kier alpha value is -0.570. The van der Waals surface area contributed by atoms with E-state index in [1.165, 1.54) is 0 Å². The Morgan fingerprint density at radius 3 is 2.73 bits per heavy atom. The van der Waals surface area contributed by atoms with Gasteiger partial charge in [-0.05, 0) is 32.2 Å². The summed E-state index contributed by atoms with van der Waals surface area (Å²) in [7, 11) is 1.92. The number of amides is 1. The predicted molar refractivity (Wildman–Crippen MR) is 62.7 cm³/mol. The van der Waals surface area contributed by atoms with Gasteiger partial charge < -0.3 is 10.2 Å². The Labute approximate surface area is 93.2 Å². The number of hydrogen-bond donors (Lipinski definition) is 1. The summed E-state index contributed by atoms with van der Waals surface area (Å²) in [4.78, 5) is 14.1. The molecule has 1 fully saturated rings. The van der Waals surface area contributed by atoms with Crippen LogP contribution in [0.15, 0.2) is 0 Å². The lowest BCUT2D eigenvalue weighted by molar-refractivity contribution is -0.136. The van der Waals surface area contributed by atoms with E-state index in [0.717, 1.165) is 32.4 Å². The van der Waals surface area contributed by atoms with Crippen molar-refractivity contribution in [1.82, 2.24) is 10.2 Å². The lowest BCUT2D eigenvalue weighted by Crippen LogP contribution is -2.52. The van der Waals surface area contributed by atoms with E-state index >= 15 is 0 Å². The smallest absolute Gasteiger partial charge is 0.242 e. The maximum absolute atomic E-state index is 12.2. The van der Waals surface area contributed by atoms with E-state index in [9.17, 15) is 4.79 Å². The van der Waals surface area contributed by atoms with Crippen LogP contribution in [0.2, 0.25) is 0 Å². The minimum atomic E-state index is -0.303. The average molecular weight is 212 g/mol. The van der Waals surface area contributed by atoms with Crippen LogP contribution >= 0.6 is 0 Å². The predicted octanol–water partition coefficient (Wildman–Crippen LogP) is 1.63. The van der Waals surface area contributed by atoms with Crippen molar-refractivity contribution >= 4 is 5.91 Å². The molecule has 1 amide bonds. The maximum Gasteiger partial charge on any atom is 0.242 e. The minimum absolute atomic E-state index is 0.250. The summed E-state index contributed by atoms with van der Waals surface area (Å²) in [6.45, 7) is 8.22. The second-order valence-corrected chi connectivity index (χ2v) is 5.06. The van der Waals surface area contributed by atoms with Crippen molar-refractivity contribution < 1.29 is 4.79 Å². The maximum atomic E-state index is 12.2. The van der Waals surface area contributed by atoms with Crippen LogP contribution < -0.4 is 5.32 Å². The van der Waals surface area contributed by atoms with Crippen LogP contribution in [0.1, 0.15) is 40.0 Å². The van der Waals surface area contributed by atoms with E-state index in [2.05, 4.69) is 19.2 Å². The van der Waals surface area contributed by atoms with E-state index in [1.54, 1.807) is 0 Å². The van der Waals surface area contributed by atoms with Crippen molar-refractivity contribution in [2.75, 3.05) is 20.1 Å². The van der Waals surface area contributed by atoms with Crippen molar-refractivity contribution in [3.05, 3.63) is 0 Å². The van der Waals surface area contributed by atoms with Gasteiger partial charge in [0.25, 0.3) is 0 Å². The first kappa shape index (κ1) is 12.5. The monoisotopic (exact) mass is 212 g/mol. The fraction of sp³-hybridized carbons (Fsp3) is 0.917. The van der Waals surface area contributed by atoms with Gasteiger partial charge in [0.2, 0.25) is 5.91 Å². The van der Waals surface area contributed by atoms with Crippen LogP contribution in [-0.2, 0) is 4.79 Å². The van der Waals surface area contributed by atoms with Gasteiger partial charge in [0, 0.05) is 13.6 Å². The quantitative estimate of drug-likeness (QED) is 0.768. The topological polar surface area (TPSA) is 32.3 Å². The highest BCUT2D eigenvalue weighted by molar-refractivity contribution is 5.86. The van der Waals surface area contributed by atoms with Gasteiger partial charge in [0.05, 0.1) is 5.54 Å². The highest BCUT2D eigenvalue weighted by Gasteiger charge is 2.37. The van der Waals surface area contributed by atoms with E-state index < -0.39 is 0 Å². The highest BCUT2D eigenvalue weighted by atomic mass is 16.2. The molecular formula is C12H24N2O. The Morgan fingerprint density at radius 1 is 1.60 bits per heavy atom. The summed E-state index contributed by atoms with van der Waals surface area (Å²) >= 11 is 0. The van der Waals surface area contributed by atoms with Crippen LogP contribution in [0.5, 0.6) is 0 Å². The molecule has 1 saturated heterocycles. The summed E-state index contributed by atoms with van der Waals surface area (Å²) in [5, 5.41) is 3.31. The highest BCUT2D eigenvalue weighted by Crippen LogP contribution is 2.21. The molecule has 0 aromatic heterocycles. The molecular weight excluding hydrogens is 188 g/mol. The molecule has 2 unspecified atom stereocenters. The molecule has 0 aliphatic carbocycles. The first-order valence-electron chi connectivity index (χ1n) is 6.00. The largest absolute Gasteiger partial charge is 0.344 e. The SMILES string of the molecule is CCC(C)CN(C)C(=O)C1(C)CCCN1. The number of nitrogens with zero attached hydrogens (tertiary/aromatic N) is 1. The van der Waals surface area contributed by atoms with Crippen LogP contribution in [-0.4, -0.2) is 36.5 Å². The number of rotatable bonds is 4. The normalized spacial score (nSPS) is 27.7. The van der Waals surface area contributed by atoms with Gasteiger partial charge in [-0.25, -0.2) is 0 Å². The fourth-order valence-corrected chi connectivity index (χ4v) is 2.18. The van der Waals surface area contributed by atoms with Gasteiger partial charge >= 0.3 is 0 Å². The van der Waals surface area contributed by atoms with E-state index in [1.807, 2.05) is 18.9 Å². The third kappa shape index (κ3) is 2.94. The first-order chi connectivity index (χ1) is 6.99. The molecule has 2 atom stereocenters. The van der Waals surface area contributed by atoms with Gasteiger partial charge in [0.1, 0.15) is 0 Å². The summed E-state index contributed by atoms with van der Waals surface area (Å²) in [5.41, 5.74) is -0.303. The molecule has 0 spiro atoms. The Bertz CT molecular complexity index is 222. The number of hydrogen-bond acceptors (Lipinski definition) is 2. The van der Waals surface area contributed by atoms with Crippen molar-refractivity contribution in [1.29, 1.82) is 0 Å². The van der Waals surface area contributed by atoms with Crippen LogP contribution in [0.3, 0.4) is 0 Å². The third-order valence-electron chi connectivity index (χ3n) is 3.47. The Morgan fingerprint density at radius 2 is 2.27 bits per heavy atom. The van der Waals surface area contributed by atoms with E-state index in [0.29, 0.717) is 5.92 Å². The molecule has 1 N–H and O–H groups in total. The number of nitrogens with one attached hydrogen (secondary N) is 1. The molecule has 1 aliphatic rings. The zero-order valence-corrected chi connectivity index (χ0v) is 10.5. The summed E-state index contributed by atoms with van der Waals surface area (Å²) < 4.78 is 0. The van der Waals surface area contributed by atoms with Crippen molar-refractivity contribution in [3.63, 3.8) is 0 Å². The van der Waals surface area contributed by atoms with Crippen LogP contribution in [0, 0.1) is 5.92 Å². The van der Waals surface area contributed by atoms with Gasteiger partial charge in [-0.15, -0.1) is 0 Å². The molecule has 88 valence electrons. The lowest BCUT2D eigenvalue weighted by atomic mass is 9.98. The minimum Gasteiger partial charge on any atom is -0.344 e.